The molecule has 4 heteroatoms. The van der Waals surface area contributed by atoms with Gasteiger partial charge in [0.05, 0.1) is 7.11 Å². The van der Waals surface area contributed by atoms with Crippen LogP contribution in [0.15, 0.2) is 23.3 Å². The second-order valence-electron chi connectivity index (χ2n) is 3.33. The van der Waals surface area contributed by atoms with Gasteiger partial charge in [0.1, 0.15) is 0 Å². The van der Waals surface area contributed by atoms with Crippen molar-refractivity contribution >= 4 is 11.9 Å². The lowest BCUT2D eigenvalue weighted by atomic mass is 10.00. The molecular weight excluding hydrogens is 196 g/mol. The minimum atomic E-state index is -0.758. The van der Waals surface area contributed by atoms with Crippen molar-refractivity contribution in [1.29, 1.82) is 0 Å². The lowest BCUT2D eigenvalue weighted by molar-refractivity contribution is -0.136. The molecule has 15 heavy (non-hydrogen) atoms. The summed E-state index contributed by atoms with van der Waals surface area (Å²) in [5.74, 6) is -0.928. The van der Waals surface area contributed by atoms with Crippen LogP contribution in [0.1, 0.15) is 25.7 Å². The number of carboxylic acid groups (broad SMARTS) is 1. The first-order chi connectivity index (χ1) is 7.15. The van der Waals surface area contributed by atoms with Crippen LogP contribution < -0.4 is 0 Å². The minimum absolute atomic E-state index is 0.170. The fourth-order valence-corrected chi connectivity index (χ4v) is 1.09. The second kappa shape index (κ2) is 5.34. The smallest absolute Gasteiger partial charge is 0.333 e. The molecule has 0 saturated carbocycles. The molecule has 0 aromatic carbocycles. The summed E-state index contributed by atoms with van der Waals surface area (Å²) in [6, 6.07) is 0. The van der Waals surface area contributed by atoms with Crippen LogP contribution in [0.2, 0.25) is 0 Å². The van der Waals surface area contributed by atoms with Crippen LogP contribution in [0, 0.1) is 0 Å². The van der Waals surface area contributed by atoms with E-state index in [0.29, 0.717) is 5.57 Å². The molecule has 2 aliphatic carbocycles. The summed E-state index contributed by atoms with van der Waals surface area (Å²) in [6.45, 7) is 0. The van der Waals surface area contributed by atoms with Crippen LogP contribution in [-0.2, 0) is 14.3 Å². The van der Waals surface area contributed by atoms with Gasteiger partial charge in [0.2, 0.25) is 0 Å². The van der Waals surface area contributed by atoms with E-state index >= 15 is 0 Å². The maximum absolute atomic E-state index is 10.5. The summed E-state index contributed by atoms with van der Waals surface area (Å²) < 4.78 is 4.45. The Kier molecular flexibility index (Phi) is 4.09. The van der Waals surface area contributed by atoms with E-state index in [1.807, 2.05) is 6.08 Å². The number of hydrogen-bond donors (Lipinski definition) is 1. The molecule has 0 heterocycles. The average molecular weight is 210 g/mol. The molecule has 0 radical (unpaired) electrons. The van der Waals surface area contributed by atoms with Crippen LogP contribution in [0.4, 0.5) is 0 Å². The van der Waals surface area contributed by atoms with Gasteiger partial charge in [-0.25, -0.2) is 9.59 Å². The number of carbonyl (C=O) groups is 2. The van der Waals surface area contributed by atoms with Crippen molar-refractivity contribution in [2.24, 2.45) is 0 Å². The third-order valence-corrected chi connectivity index (χ3v) is 2.33. The number of carbonyl (C=O) groups excluding carboxylic acids is 1. The highest BCUT2D eigenvalue weighted by atomic mass is 16.5. The van der Waals surface area contributed by atoms with Crippen molar-refractivity contribution in [1.82, 2.24) is 0 Å². The van der Waals surface area contributed by atoms with Gasteiger partial charge in [0.25, 0.3) is 0 Å². The Balaban J connectivity index is 0.000000151. The zero-order chi connectivity index (χ0) is 11.3. The molecule has 2 rings (SSSR count). The molecule has 1 N–H and O–H groups in total. The van der Waals surface area contributed by atoms with Gasteiger partial charge in [0, 0.05) is 11.1 Å². The van der Waals surface area contributed by atoms with Crippen LogP contribution in [-0.4, -0.2) is 24.2 Å². The summed E-state index contributed by atoms with van der Waals surface area (Å²) in [5, 5.41) is 8.16. The Morgan fingerprint density at radius 2 is 1.67 bits per heavy atom. The second-order valence-corrected chi connectivity index (χ2v) is 3.33. The molecule has 0 fully saturated rings. The van der Waals surface area contributed by atoms with Crippen molar-refractivity contribution in [2.45, 2.75) is 25.7 Å². The lowest BCUT2D eigenvalue weighted by Gasteiger charge is -2.09. The first-order valence-electron chi connectivity index (χ1n) is 4.85. The predicted molar refractivity (Wildman–Crippen MR) is 54.3 cm³/mol. The lowest BCUT2D eigenvalue weighted by Crippen LogP contribution is -2.09. The van der Waals surface area contributed by atoms with Crippen molar-refractivity contribution in [3.8, 4) is 0 Å². The van der Waals surface area contributed by atoms with Crippen molar-refractivity contribution in [3.05, 3.63) is 23.3 Å². The van der Waals surface area contributed by atoms with Crippen LogP contribution >= 0.6 is 0 Å². The molecule has 0 amide bonds. The molecule has 0 spiro atoms. The number of hydrogen-bond acceptors (Lipinski definition) is 3. The van der Waals surface area contributed by atoms with Gasteiger partial charge in [-0.3, -0.25) is 0 Å². The fourth-order valence-electron chi connectivity index (χ4n) is 1.09. The molecule has 0 aromatic rings. The summed E-state index contributed by atoms with van der Waals surface area (Å²) in [5.41, 5.74) is 1.40. The molecule has 0 atom stereocenters. The first kappa shape index (κ1) is 11.5. The zero-order valence-corrected chi connectivity index (χ0v) is 8.66. The molecule has 0 saturated heterocycles. The largest absolute Gasteiger partial charge is 0.478 e. The predicted octanol–water partition coefficient (Wildman–Crippen LogP) is 1.67. The van der Waals surface area contributed by atoms with E-state index in [2.05, 4.69) is 4.74 Å². The number of allylic oxidation sites excluding steroid dienone is 2. The molecule has 0 aromatic heterocycles. The Hall–Kier alpha value is -1.58. The van der Waals surface area contributed by atoms with Gasteiger partial charge >= 0.3 is 11.9 Å². The number of aliphatic carboxylic acids is 1. The van der Waals surface area contributed by atoms with Crippen molar-refractivity contribution < 1.29 is 19.4 Å². The molecular formula is C11H14O4. The molecule has 82 valence electrons. The van der Waals surface area contributed by atoms with Gasteiger partial charge in [-0.05, 0) is 25.7 Å². The van der Waals surface area contributed by atoms with Gasteiger partial charge < -0.3 is 9.84 Å². The van der Waals surface area contributed by atoms with Gasteiger partial charge in [-0.1, -0.05) is 12.2 Å². The molecule has 0 aliphatic heterocycles. The van der Waals surface area contributed by atoms with Crippen molar-refractivity contribution in [3.63, 3.8) is 0 Å². The van der Waals surface area contributed by atoms with E-state index in [1.165, 1.54) is 7.11 Å². The van der Waals surface area contributed by atoms with Crippen LogP contribution in [0.3, 0.4) is 0 Å². The Bertz CT molecular complexity index is 325. The minimum Gasteiger partial charge on any atom is -0.478 e. The highest BCUT2D eigenvalue weighted by Crippen LogP contribution is 2.18. The monoisotopic (exact) mass is 210 g/mol. The van der Waals surface area contributed by atoms with E-state index in [9.17, 15) is 9.59 Å². The highest BCUT2D eigenvalue weighted by molar-refractivity contribution is 5.89. The maximum atomic E-state index is 10.5. The summed E-state index contributed by atoms with van der Waals surface area (Å²) >= 11 is 0. The van der Waals surface area contributed by atoms with Gasteiger partial charge in [-0.2, -0.15) is 0 Å². The zero-order valence-electron chi connectivity index (χ0n) is 8.66. The Labute approximate surface area is 88.2 Å². The summed E-state index contributed by atoms with van der Waals surface area (Å²) in [7, 11) is 1.40. The average Bonchev–Trinajstić information content (AvgIpc) is 1.97. The summed E-state index contributed by atoms with van der Waals surface area (Å²) in [4.78, 5) is 20.4. The van der Waals surface area contributed by atoms with Gasteiger partial charge in [0.15, 0.2) is 0 Å². The third-order valence-electron chi connectivity index (χ3n) is 2.33. The number of rotatable bonds is 2. The Morgan fingerprint density at radius 1 is 1.20 bits per heavy atom. The topological polar surface area (TPSA) is 63.6 Å². The fraction of sp³-hybridized carbons (Fsp3) is 0.455. The normalized spacial score (nSPS) is 16.9. The van der Waals surface area contributed by atoms with E-state index in [4.69, 9.17) is 5.11 Å². The van der Waals surface area contributed by atoms with E-state index in [-0.39, 0.29) is 5.97 Å². The van der Waals surface area contributed by atoms with Crippen LogP contribution in [0.25, 0.3) is 0 Å². The Morgan fingerprint density at radius 3 is 1.73 bits per heavy atom. The van der Waals surface area contributed by atoms with Gasteiger partial charge in [-0.15, -0.1) is 0 Å². The SMILES string of the molecule is COC(=O)C1=CCC1.O=C(O)C1=CCC1. The van der Waals surface area contributed by atoms with E-state index in [0.717, 1.165) is 31.3 Å². The quantitative estimate of drug-likeness (QED) is 0.704. The molecule has 2 aliphatic rings. The first-order valence-corrected chi connectivity index (χ1v) is 4.85. The van der Waals surface area contributed by atoms with Crippen molar-refractivity contribution in [2.75, 3.05) is 7.11 Å². The van der Waals surface area contributed by atoms with E-state index < -0.39 is 5.97 Å². The van der Waals surface area contributed by atoms with Crippen LogP contribution in [0.5, 0.6) is 0 Å². The van der Waals surface area contributed by atoms with E-state index in [1.54, 1.807) is 6.08 Å². The highest BCUT2D eigenvalue weighted by Gasteiger charge is 2.13. The third kappa shape index (κ3) is 3.23. The summed E-state index contributed by atoms with van der Waals surface area (Å²) in [6.07, 6.45) is 7.27. The molecule has 0 bridgehead atoms. The number of ether oxygens (including phenoxy) is 1. The number of esters is 1. The standard InChI is InChI=1S/C6H8O2.C5H6O2/c1-8-6(7)5-3-2-4-5;6-5(7)4-2-1-3-4/h3H,2,4H2,1H3;2H,1,3H2,(H,6,7). The molecule has 0 unspecified atom stereocenters. The number of methoxy groups -OCH3 is 1. The maximum Gasteiger partial charge on any atom is 0.333 e. The number of carboxylic acids is 1. The molecule has 4 nitrogen and oxygen atoms in total.